The Bertz CT molecular complexity index is 942. The molecule has 1 amide bonds. The summed E-state index contributed by atoms with van der Waals surface area (Å²) in [5.74, 6) is -2.33. The number of pyridine rings is 1. The van der Waals surface area contributed by atoms with Crippen molar-refractivity contribution in [2.45, 2.75) is 23.4 Å². The number of thioether (sulfide) groups is 1. The van der Waals surface area contributed by atoms with Crippen LogP contribution in [0.1, 0.15) is 17.0 Å². The molecule has 31 heavy (non-hydrogen) atoms. The Morgan fingerprint density at radius 3 is 2.35 bits per heavy atom. The van der Waals surface area contributed by atoms with Crippen LogP contribution in [-0.4, -0.2) is 72.7 Å². The van der Waals surface area contributed by atoms with Crippen LogP contribution >= 0.6 is 11.8 Å². The van der Waals surface area contributed by atoms with Gasteiger partial charge in [-0.2, -0.15) is 13.2 Å². The SMILES string of the molecule is O=C(O)C(F)(F)F.O=C(c1ncccn1)N1CC2(CC(Oc3ncccc3F)CS2)C1. The van der Waals surface area contributed by atoms with Crippen LogP contribution in [0.25, 0.3) is 0 Å². The summed E-state index contributed by atoms with van der Waals surface area (Å²) in [6.07, 6.45) is 0.230. The molecule has 2 aromatic heterocycles. The predicted molar refractivity (Wildman–Crippen MR) is 100 cm³/mol. The van der Waals surface area contributed by atoms with Gasteiger partial charge < -0.3 is 14.7 Å². The van der Waals surface area contributed by atoms with Gasteiger partial charge in [0.15, 0.2) is 5.82 Å². The van der Waals surface area contributed by atoms with Crippen LogP contribution in [-0.2, 0) is 4.79 Å². The van der Waals surface area contributed by atoms with E-state index in [0.717, 1.165) is 12.2 Å². The van der Waals surface area contributed by atoms with Crippen molar-refractivity contribution < 1.29 is 37.0 Å². The highest BCUT2D eigenvalue weighted by atomic mass is 32.2. The van der Waals surface area contributed by atoms with Crippen LogP contribution in [0.15, 0.2) is 36.8 Å². The number of amides is 1. The molecule has 2 saturated heterocycles. The summed E-state index contributed by atoms with van der Waals surface area (Å²) >= 11 is 1.77. The molecule has 2 aliphatic rings. The summed E-state index contributed by atoms with van der Waals surface area (Å²) in [6.45, 7) is 1.28. The minimum Gasteiger partial charge on any atom is -0.475 e. The van der Waals surface area contributed by atoms with Crippen molar-refractivity contribution in [3.8, 4) is 5.88 Å². The molecule has 13 heteroatoms. The molecular weight excluding hydrogens is 444 g/mol. The Hall–Kier alpha value is -2.96. The van der Waals surface area contributed by atoms with E-state index in [4.69, 9.17) is 14.6 Å². The van der Waals surface area contributed by atoms with Crippen molar-refractivity contribution in [3.05, 3.63) is 48.4 Å². The van der Waals surface area contributed by atoms with E-state index in [-0.39, 0.29) is 28.5 Å². The maximum Gasteiger partial charge on any atom is 0.490 e. The maximum absolute atomic E-state index is 13.6. The van der Waals surface area contributed by atoms with Crippen molar-refractivity contribution in [1.82, 2.24) is 19.9 Å². The molecule has 2 fully saturated rings. The number of ether oxygens (including phenoxy) is 1. The Morgan fingerprint density at radius 1 is 1.16 bits per heavy atom. The van der Waals surface area contributed by atoms with Gasteiger partial charge in [0.2, 0.25) is 5.82 Å². The van der Waals surface area contributed by atoms with E-state index in [1.54, 1.807) is 35.1 Å². The zero-order valence-corrected chi connectivity index (χ0v) is 16.6. The van der Waals surface area contributed by atoms with Crippen molar-refractivity contribution in [2.24, 2.45) is 0 Å². The van der Waals surface area contributed by atoms with Gasteiger partial charge in [-0.15, -0.1) is 11.8 Å². The van der Waals surface area contributed by atoms with Gasteiger partial charge in [0, 0.05) is 43.9 Å². The summed E-state index contributed by atoms with van der Waals surface area (Å²) < 4.78 is 51.0. The van der Waals surface area contributed by atoms with E-state index in [0.29, 0.717) is 13.1 Å². The number of carbonyl (C=O) groups is 2. The van der Waals surface area contributed by atoms with E-state index in [1.165, 1.54) is 18.3 Å². The molecule has 166 valence electrons. The number of halogens is 4. The minimum atomic E-state index is -5.08. The summed E-state index contributed by atoms with van der Waals surface area (Å²) in [7, 11) is 0. The molecular formula is C18H16F4N4O4S. The largest absolute Gasteiger partial charge is 0.490 e. The number of carbonyl (C=O) groups excluding carboxylic acids is 1. The van der Waals surface area contributed by atoms with Gasteiger partial charge >= 0.3 is 12.1 Å². The normalized spacial score (nSPS) is 19.2. The highest BCUT2D eigenvalue weighted by Crippen LogP contribution is 2.46. The third kappa shape index (κ3) is 5.60. The first-order valence-corrected chi connectivity index (χ1v) is 9.86. The predicted octanol–water partition coefficient (Wildman–Crippen LogP) is 2.42. The number of hydrogen-bond acceptors (Lipinski definition) is 7. The topological polar surface area (TPSA) is 106 Å². The lowest BCUT2D eigenvalue weighted by atomic mass is 9.93. The molecule has 2 aliphatic heterocycles. The third-order valence-corrected chi connectivity index (χ3v) is 6.00. The van der Waals surface area contributed by atoms with Crippen molar-refractivity contribution in [2.75, 3.05) is 18.8 Å². The molecule has 0 aromatic carbocycles. The van der Waals surface area contributed by atoms with Crippen LogP contribution in [0, 0.1) is 5.82 Å². The average molecular weight is 460 g/mol. The van der Waals surface area contributed by atoms with Crippen molar-refractivity contribution in [3.63, 3.8) is 0 Å². The number of hydrogen-bond donors (Lipinski definition) is 1. The number of aliphatic carboxylic acids is 1. The Morgan fingerprint density at radius 2 is 1.77 bits per heavy atom. The molecule has 8 nitrogen and oxygen atoms in total. The number of likely N-dealkylation sites (tertiary alicyclic amines) is 1. The van der Waals surface area contributed by atoms with Crippen molar-refractivity contribution >= 4 is 23.6 Å². The van der Waals surface area contributed by atoms with Crippen LogP contribution < -0.4 is 4.74 Å². The summed E-state index contributed by atoms with van der Waals surface area (Å²) in [6, 6.07) is 4.55. The fourth-order valence-electron chi connectivity index (χ4n) is 3.06. The summed E-state index contributed by atoms with van der Waals surface area (Å²) in [5.41, 5.74) is 0. The highest BCUT2D eigenvalue weighted by Gasteiger charge is 2.51. The van der Waals surface area contributed by atoms with Crippen LogP contribution in [0.2, 0.25) is 0 Å². The third-order valence-electron chi connectivity index (χ3n) is 4.42. The van der Waals surface area contributed by atoms with Gasteiger partial charge in [0.05, 0.1) is 4.75 Å². The van der Waals surface area contributed by atoms with Gasteiger partial charge in [-0.1, -0.05) is 0 Å². The zero-order chi connectivity index (χ0) is 22.6. The van der Waals surface area contributed by atoms with Crippen LogP contribution in [0.3, 0.4) is 0 Å². The lowest BCUT2D eigenvalue weighted by Crippen LogP contribution is -2.61. The van der Waals surface area contributed by atoms with Gasteiger partial charge in [0.25, 0.3) is 11.8 Å². The quantitative estimate of drug-likeness (QED) is 0.697. The van der Waals surface area contributed by atoms with Crippen LogP contribution in [0.5, 0.6) is 5.88 Å². The Labute approximate surface area is 177 Å². The van der Waals surface area contributed by atoms with Gasteiger partial charge in [-0.3, -0.25) is 4.79 Å². The second kappa shape index (κ2) is 9.04. The van der Waals surface area contributed by atoms with E-state index < -0.39 is 18.0 Å². The number of rotatable bonds is 3. The van der Waals surface area contributed by atoms with Gasteiger partial charge in [-0.05, 0) is 18.2 Å². The maximum atomic E-state index is 13.6. The number of nitrogens with zero attached hydrogens (tertiary/aromatic N) is 4. The number of carboxylic acids is 1. The molecule has 1 unspecified atom stereocenters. The van der Waals surface area contributed by atoms with E-state index in [9.17, 15) is 22.4 Å². The molecule has 1 spiro atoms. The standard InChI is InChI=1S/C16H15FN4O2S.C2HF3O2/c17-12-3-1-4-20-14(12)23-11-7-16(24-8-11)9-21(10-16)15(22)13-18-5-2-6-19-13;3-2(4,5)1(6)7/h1-6,11H,7-10H2;(H,6,7). The molecule has 0 saturated carbocycles. The number of aromatic nitrogens is 3. The molecule has 0 aliphatic carbocycles. The Balaban J connectivity index is 0.000000339. The first-order valence-electron chi connectivity index (χ1n) is 8.87. The average Bonchev–Trinajstić information content (AvgIpc) is 3.13. The molecule has 1 atom stereocenters. The zero-order valence-electron chi connectivity index (χ0n) is 15.8. The minimum absolute atomic E-state index is 0.0135. The molecule has 4 rings (SSSR count). The first kappa shape index (κ1) is 22.7. The highest BCUT2D eigenvalue weighted by molar-refractivity contribution is 8.01. The molecule has 0 radical (unpaired) electrons. The van der Waals surface area contributed by atoms with E-state index in [2.05, 4.69) is 15.0 Å². The summed E-state index contributed by atoms with van der Waals surface area (Å²) in [4.78, 5) is 34.8. The van der Waals surface area contributed by atoms with Crippen LogP contribution in [0.4, 0.5) is 17.6 Å². The lowest BCUT2D eigenvalue weighted by Gasteiger charge is -2.46. The monoisotopic (exact) mass is 460 g/mol. The summed E-state index contributed by atoms with van der Waals surface area (Å²) in [5, 5.41) is 7.12. The van der Waals surface area contributed by atoms with Crippen molar-refractivity contribution in [1.29, 1.82) is 0 Å². The fraction of sp³-hybridized carbons (Fsp3) is 0.389. The van der Waals surface area contributed by atoms with Gasteiger partial charge in [-0.25, -0.2) is 24.1 Å². The fourth-order valence-corrected chi connectivity index (χ4v) is 4.58. The molecule has 4 heterocycles. The number of carboxylic acid groups (broad SMARTS) is 1. The van der Waals surface area contributed by atoms with E-state index in [1.807, 2.05) is 0 Å². The second-order valence-corrected chi connectivity index (χ2v) is 8.25. The molecule has 1 N–H and O–H groups in total. The van der Waals surface area contributed by atoms with E-state index >= 15 is 0 Å². The van der Waals surface area contributed by atoms with Gasteiger partial charge in [0.1, 0.15) is 6.10 Å². The number of alkyl halides is 3. The first-order chi connectivity index (χ1) is 14.6. The molecule has 0 bridgehead atoms. The lowest BCUT2D eigenvalue weighted by molar-refractivity contribution is -0.192. The Kier molecular flexibility index (Phi) is 6.62. The smallest absolute Gasteiger partial charge is 0.475 e. The second-order valence-electron chi connectivity index (χ2n) is 6.76. The molecule has 2 aromatic rings.